The molecule has 2 aromatic rings. The molecule has 0 aliphatic carbocycles. The van der Waals surface area contributed by atoms with Gasteiger partial charge in [0.2, 0.25) is 0 Å². The Kier molecular flexibility index (Phi) is 5.08. The summed E-state index contributed by atoms with van der Waals surface area (Å²) in [6.07, 6.45) is 0. The van der Waals surface area contributed by atoms with Gasteiger partial charge in [0.25, 0.3) is 0 Å². The molecule has 20 heavy (non-hydrogen) atoms. The van der Waals surface area contributed by atoms with E-state index in [-0.39, 0.29) is 6.04 Å². The largest absolute Gasteiger partial charge is 0.396 e. The van der Waals surface area contributed by atoms with Gasteiger partial charge in [0, 0.05) is 14.5 Å². The van der Waals surface area contributed by atoms with Crippen molar-refractivity contribution < 1.29 is 0 Å². The molecule has 0 aliphatic rings. The Labute approximate surface area is 141 Å². The molecule has 0 amide bonds. The molecular weight excluding hydrogens is 382 g/mol. The van der Waals surface area contributed by atoms with Crippen molar-refractivity contribution in [3.8, 4) is 0 Å². The van der Waals surface area contributed by atoms with Gasteiger partial charge in [-0.2, -0.15) is 0 Å². The van der Waals surface area contributed by atoms with Crippen LogP contribution >= 0.6 is 50.7 Å². The van der Waals surface area contributed by atoms with Crippen molar-refractivity contribution in [3.05, 3.63) is 55.4 Å². The maximum atomic E-state index is 6.20. The van der Waals surface area contributed by atoms with Gasteiger partial charge in [-0.3, -0.25) is 0 Å². The number of halogens is 4. The number of anilines is 2. The third-order valence-corrected chi connectivity index (χ3v) is 4.23. The smallest absolute Gasteiger partial charge is 0.0740 e. The highest BCUT2D eigenvalue weighted by molar-refractivity contribution is 9.10. The van der Waals surface area contributed by atoms with E-state index >= 15 is 0 Å². The van der Waals surface area contributed by atoms with Crippen molar-refractivity contribution >= 4 is 62.1 Å². The number of nitrogens with one attached hydrogen (secondary N) is 1. The molecule has 0 bridgehead atoms. The van der Waals surface area contributed by atoms with Crippen LogP contribution in [0.15, 0.2) is 34.8 Å². The molecule has 3 N–H and O–H groups in total. The second kappa shape index (κ2) is 6.44. The average molecular weight is 395 g/mol. The van der Waals surface area contributed by atoms with Gasteiger partial charge >= 0.3 is 0 Å². The summed E-state index contributed by atoms with van der Waals surface area (Å²) in [4.78, 5) is 0. The minimum absolute atomic E-state index is 0.0348. The Morgan fingerprint density at radius 2 is 1.80 bits per heavy atom. The van der Waals surface area contributed by atoms with Crippen molar-refractivity contribution in [3.63, 3.8) is 0 Å². The van der Waals surface area contributed by atoms with Gasteiger partial charge in [-0.15, -0.1) is 0 Å². The SMILES string of the molecule is C[C@@H](Nc1cc(Br)cc(Cl)c1N)c1ccc(Cl)cc1Cl. The standard InChI is InChI=1S/C14H12BrCl3N2/c1-7(10-3-2-9(16)6-11(10)17)20-13-5-8(15)4-12(18)14(13)19/h2-7,20H,19H2,1H3/t7-/m1/s1. The maximum Gasteiger partial charge on any atom is 0.0740 e. The van der Waals surface area contributed by atoms with Crippen LogP contribution in [0, 0.1) is 0 Å². The highest BCUT2D eigenvalue weighted by Gasteiger charge is 2.13. The van der Waals surface area contributed by atoms with Crippen LogP contribution in [0.25, 0.3) is 0 Å². The summed E-state index contributed by atoms with van der Waals surface area (Å²) in [5.41, 5.74) is 8.17. The van der Waals surface area contributed by atoms with Crippen LogP contribution in [0.1, 0.15) is 18.5 Å². The molecular formula is C14H12BrCl3N2. The summed E-state index contributed by atoms with van der Waals surface area (Å²) in [7, 11) is 0. The predicted octanol–water partition coefficient (Wildman–Crippen LogP) is 6.16. The summed E-state index contributed by atoms with van der Waals surface area (Å²) in [5.74, 6) is 0. The molecule has 0 saturated carbocycles. The Balaban J connectivity index is 2.30. The summed E-state index contributed by atoms with van der Waals surface area (Å²) in [6, 6.07) is 9.00. The first-order valence-electron chi connectivity index (χ1n) is 5.84. The second-order valence-corrected chi connectivity index (χ2v) is 6.55. The number of rotatable bonds is 3. The van der Waals surface area contributed by atoms with E-state index in [1.54, 1.807) is 18.2 Å². The van der Waals surface area contributed by atoms with Crippen LogP contribution in [0.2, 0.25) is 15.1 Å². The van der Waals surface area contributed by atoms with Crippen LogP contribution < -0.4 is 11.1 Å². The molecule has 0 heterocycles. The van der Waals surface area contributed by atoms with Crippen LogP contribution in [0.3, 0.4) is 0 Å². The van der Waals surface area contributed by atoms with Crippen LogP contribution in [-0.2, 0) is 0 Å². The monoisotopic (exact) mass is 392 g/mol. The van der Waals surface area contributed by atoms with Gasteiger partial charge < -0.3 is 11.1 Å². The van der Waals surface area contributed by atoms with E-state index in [0.29, 0.717) is 20.8 Å². The third kappa shape index (κ3) is 3.53. The highest BCUT2D eigenvalue weighted by Crippen LogP contribution is 2.35. The van der Waals surface area contributed by atoms with Crippen LogP contribution in [0.4, 0.5) is 11.4 Å². The molecule has 0 fully saturated rings. The molecule has 2 rings (SSSR count). The van der Waals surface area contributed by atoms with E-state index < -0.39 is 0 Å². The molecule has 0 unspecified atom stereocenters. The topological polar surface area (TPSA) is 38.0 Å². The number of nitrogens with two attached hydrogens (primary N) is 1. The van der Waals surface area contributed by atoms with Gasteiger partial charge in [0.15, 0.2) is 0 Å². The van der Waals surface area contributed by atoms with E-state index in [0.717, 1.165) is 15.7 Å². The second-order valence-electron chi connectivity index (χ2n) is 4.38. The minimum atomic E-state index is -0.0348. The zero-order chi connectivity index (χ0) is 14.9. The van der Waals surface area contributed by atoms with Crippen molar-refractivity contribution in [2.24, 2.45) is 0 Å². The fourth-order valence-corrected chi connectivity index (χ4v) is 3.25. The highest BCUT2D eigenvalue weighted by atomic mass is 79.9. The van der Waals surface area contributed by atoms with Crippen LogP contribution in [-0.4, -0.2) is 0 Å². The molecule has 6 heteroatoms. The van der Waals surface area contributed by atoms with Gasteiger partial charge in [-0.05, 0) is 36.8 Å². The van der Waals surface area contributed by atoms with E-state index in [9.17, 15) is 0 Å². The molecule has 2 aromatic carbocycles. The van der Waals surface area contributed by atoms with Crippen LogP contribution in [0.5, 0.6) is 0 Å². The fraction of sp³-hybridized carbons (Fsp3) is 0.143. The number of nitrogen functional groups attached to an aromatic ring is 1. The lowest BCUT2D eigenvalue weighted by Gasteiger charge is -2.19. The van der Waals surface area contributed by atoms with Gasteiger partial charge in [0.05, 0.1) is 22.4 Å². The summed E-state index contributed by atoms with van der Waals surface area (Å²) in [6.45, 7) is 1.99. The first-order valence-corrected chi connectivity index (χ1v) is 7.77. The van der Waals surface area contributed by atoms with E-state index in [1.807, 2.05) is 19.1 Å². The summed E-state index contributed by atoms with van der Waals surface area (Å²) < 4.78 is 0.855. The summed E-state index contributed by atoms with van der Waals surface area (Å²) >= 11 is 21.6. The molecule has 0 aliphatic heterocycles. The molecule has 106 valence electrons. The van der Waals surface area contributed by atoms with E-state index in [2.05, 4.69) is 21.2 Å². The van der Waals surface area contributed by atoms with Gasteiger partial charge in [-0.25, -0.2) is 0 Å². The lowest BCUT2D eigenvalue weighted by atomic mass is 10.1. The zero-order valence-electron chi connectivity index (χ0n) is 10.6. The van der Waals surface area contributed by atoms with Crippen molar-refractivity contribution in [1.82, 2.24) is 0 Å². The average Bonchev–Trinajstić information content (AvgIpc) is 2.35. The quantitative estimate of drug-likeness (QED) is 0.612. The number of benzene rings is 2. The first-order chi connectivity index (χ1) is 9.38. The number of hydrogen-bond donors (Lipinski definition) is 2. The van der Waals surface area contributed by atoms with Gasteiger partial charge in [0.1, 0.15) is 0 Å². The lowest BCUT2D eigenvalue weighted by Crippen LogP contribution is -2.09. The zero-order valence-corrected chi connectivity index (χ0v) is 14.4. The molecule has 1 atom stereocenters. The molecule has 0 saturated heterocycles. The fourth-order valence-electron chi connectivity index (χ4n) is 1.87. The predicted molar refractivity (Wildman–Crippen MR) is 92.1 cm³/mol. The van der Waals surface area contributed by atoms with Crippen molar-refractivity contribution in [2.75, 3.05) is 11.1 Å². The van der Waals surface area contributed by atoms with Crippen molar-refractivity contribution in [2.45, 2.75) is 13.0 Å². The maximum absolute atomic E-state index is 6.20. The Morgan fingerprint density at radius 1 is 1.10 bits per heavy atom. The third-order valence-electron chi connectivity index (χ3n) is 2.90. The number of hydrogen-bond acceptors (Lipinski definition) is 2. The Hall–Kier alpha value is -0.610. The molecule has 2 nitrogen and oxygen atoms in total. The van der Waals surface area contributed by atoms with E-state index in [4.69, 9.17) is 40.5 Å². The van der Waals surface area contributed by atoms with E-state index in [1.165, 1.54) is 0 Å². The molecule has 0 spiro atoms. The molecule has 0 aromatic heterocycles. The molecule has 0 radical (unpaired) electrons. The summed E-state index contributed by atoms with van der Waals surface area (Å²) in [5, 5.41) is 5.01. The minimum Gasteiger partial charge on any atom is -0.396 e. The Bertz CT molecular complexity index is 647. The van der Waals surface area contributed by atoms with Gasteiger partial charge in [-0.1, -0.05) is 56.8 Å². The van der Waals surface area contributed by atoms with Crippen molar-refractivity contribution in [1.29, 1.82) is 0 Å². The Morgan fingerprint density at radius 3 is 2.45 bits per heavy atom. The normalized spacial score (nSPS) is 12.2. The lowest BCUT2D eigenvalue weighted by molar-refractivity contribution is 0.885. The first kappa shape index (κ1) is 15.8.